The van der Waals surface area contributed by atoms with E-state index in [0.717, 1.165) is 59.8 Å². The summed E-state index contributed by atoms with van der Waals surface area (Å²) < 4.78 is 7.96. The Hall–Kier alpha value is -2.84. The quantitative estimate of drug-likeness (QED) is 0.618. The van der Waals surface area contributed by atoms with Crippen molar-refractivity contribution in [2.24, 2.45) is 0 Å². The number of aryl methyl sites for hydroxylation is 3. The fraction of sp³-hybridized carbons (Fsp3) is 0.391. The van der Waals surface area contributed by atoms with Crippen molar-refractivity contribution in [3.8, 4) is 6.07 Å². The first-order chi connectivity index (χ1) is 13.4. The minimum atomic E-state index is -0.389. The van der Waals surface area contributed by atoms with Crippen LogP contribution in [0.2, 0.25) is 0 Å². The van der Waals surface area contributed by atoms with Crippen molar-refractivity contribution in [3.63, 3.8) is 0 Å². The van der Waals surface area contributed by atoms with Crippen LogP contribution in [0.15, 0.2) is 29.8 Å². The number of carbonyl (C=O) groups excluding carboxylic acids is 1. The van der Waals surface area contributed by atoms with E-state index >= 15 is 0 Å². The predicted octanol–water partition coefficient (Wildman–Crippen LogP) is 4.45. The highest BCUT2D eigenvalue weighted by atomic mass is 16.5. The summed E-state index contributed by atoms with van der Waals surface area (Å²) in [6.07, 6.45) is 4.09. The number of aromatic nitrogens is 1. The summed E-state index contributed by atoms with van der Waals surface area (Å²) in [6, 6.07) is 9.93. The van der Waals surface area contributed by atoms with Crippen LogP contribution < -0.4 is 5.32 Å². The van der Waals surface area contributed by atoms with Crippen molar-refractivity contribution in [3.05, 3.63) is 57.9 Å². The molecule has 2 aromatic rings. The van der Waals surface area contributed by atoms with Gasteiger partial charge in [-0.05, 0) is 75.4 Å². The molecule has 1 atom stereocenters. The Labute approximate surface area is 166 Å². The van der Waals surface area contributed by atoms with Crippen LogP contribution in [0.4, 0.5) is 5.69 Å². The average molecular weight is 377 g/mol. The molecule has 1 aliphatic rings. The molecular weight excluding hydrogens is 350 g/mol. The summed E-state index contributed by atoms with van der Waals surface area (Å²) in [5, 5.41) is 12.4. The first-order valence-corrected chi connectivity index (χ1v) is 9.67. The van der Waals surface area contributed by atoms with Crippen molar-refractivity contribution in [1.82, 2.24) is 4.57 Å². The highest BCUT2D eigenvalue weighted by Crippen LogP contribution is 2.23. The number of hydrogen-bond acceptors (Lipinski definition) is 3. The third kappa shape index (κ3) is 4.35. The molecule has 0 saturated carbocycles. The van der Waals surface area contributed by atoms with Gasteiger partial charge in [0.25, 0.3) is 5.91 Å². The number of anilines is 1. The maximum Gasteiger partial charge on any atom is 0.266 e. The number of ether oxygens (including phenoxy) is 1. The third-order valence-electron chi connectivity index (χ3n) is 5.33. The monoisotopic (exact) mass is 377 g/mol. The summed E-state index contributed by atoms with van der Waals surface area (Å²) in [5.74, 6) is -0.389. The highest BCUT2D eigenvalue weighted by Gasteiger charge is 2.19. The lowest BCUT2D eigenvalue weighted by atomic mass is 10.1. The second kappa shape index (κ2) is 8.45. The largest absolute Gasteiger partial charge is 0.376 e. The third-order valence-corrected chi connectivity index (χ3v) is 5.33. The van der Waals surface area contributed by atoms with Crippen LogP contribution in [0.1, 0.15) is 40.9 Å². The summed E-state index contributed by atoms with van der Waals surface area (Å²) in [7, 11) is 0. The molecule has 1 aliphatic heterocycles. The van der Waals surface area contributed by atoms with E-state index in [1.807, 2.05) is 58.0 Å². The SMILES string of the molecule is Cc1ccc(C)c(NC(=O)/C(C#N)=C/c2cc(C)n(C[C@@H]3CCCO3)c2C)c1. The minimum Gasteiger partial charge on any atom is -0.376 e. The van der Waals surface area contributed by atoms with Crippen molar-refractivity contribution in [1.29, 1.82) is 5.26 Å². The van der Waals surface area contributed by atoms with Gasteiger partial charge in [-0.15, -0.1) is 0 Å². The molecule has 0 bridgehead atoms. The number of nitrogens with one attached hydrogen (secondary N) is 1. The lowest BCUT2D eigenvalue weighted by Gasteiger charge is -2.14. The Morgan fingerprint density at radius 1 is 1.32 bits per heavy atom. The van der Waals surface area contributed by atoms with E-state index in [-0.39, 0.29) is 17.6 Å². The number of carbonyl (C=O) groups is 1. The zero-order valence-corrected chi connectivity index (χ0v) is 17.0. The number of nitriles is 1. The molecule has 1 N–H and O–H groups in total. The second-order valence-corrected chi connectivity index (χ2v) is 7.51. The number of benzene rings is 1. The fourth-order valence-electron chi connectivity index (χ4n) is 3.61. The Kier molecular flexibility index (Phi) is 6.01. The van der Waals surface area contributed by atoms with Crippen LogP contribution >= 0.6 is 0 Å². The Balaban J connectivity index is 1.83. The summed E-state index contributed by atoms with van der Waals surface area (Å²) in [5.41, 5.74) is 5.88. The van der Waals surface area contributed by atoms with Gasteiger partial charge in [0.1, 0.15) is 11.6 Å². The molecule has 5 nitrogen and oxygen atoms in total. The summed E-state index contributed by atoms with van der Waals surface area (Å²) >= 11 is 0. The Morgan fingerprint density at radius 3 is 2.79 bits per heavy atom. The van der Waals surface area contributed by atoms with Crippen LogP contribution in [-0.2, 0) is 16.1 Å². The van der Waals surface area contributed by atoms with E-state index in [4.69, 9.17) is 4.74 Å². The molecule has 0 spiro atoms. The highest BCUT2D eigenvalue weighted by molar-refractivity contribution is 6.10. The molecular formula is C23H27N3O2. The Bertz CT molecular complexity index is 957. The van der Waals surface area contributed by atoms with Gasteiger partial charge < -0.3 is 14.6 Å². The van der Waals surface area contributed by atoms with Gasteiger partial charge in [-0.25, -0.2) is 0 Å². The molecule has 28 heavy (non-hydrogen) atoms. The van der Waals surface area contributed by atoms with Crippen molar-refractivity contribution < 1.29 is 9.53 Å². The van der Waals surface area contributed by atoms with Gasteiger partial charge in [0, 0.05) is 30.2 Å². The molecule has 1 saturated heterocycles. The predicted molar refractivity (Wildman–Crippen MR) is 111 cm³/mol. The van der Waals surface area contributed by atoms with E-state index in [1.54, 1.807) is 6.08 Å². The van der Waals surface area contributed by atoms with Crippen molar-refractivity contribution in [2.75, 3.05) is 11.9 Å². The average Bonchev–Trinajstić information content (AvgIpc) is 3.26. The van der Waals surface area contributed by atoms with Crippen molar-refractivity contribution in [2.45, 2.75) is 53.2 Å². The van der Waals surface area contributed by atoms with Gasteiger partial charge in [0.15, 0.2) is 0 Å². The van der Waals surface area contributed by atoms with E-state index in [0.29, 0.717) is 0 Å². The first-order valence-electron chi connectivity index (χ1n) is 9.67. The number of hydrogen-bond donors (Lipinski definition) is 1. The number of nitrogens with zero attached hydrogens (tertiary/aromatic N) is 2. The van der Waals surface area contributed by atoms with Gasteiger partial charge >= 0.3 is 0 Å². The van der Waals surface area contributed by atoms with Crippen LogP contribution in [0, 0.1) is 39.0 Å². The van der Waals surface area contributed by atoms with Crippen LogP contribution in [0.3, 0.4) is 0 Å². The molecule has 2 heterocycles. The van der Waals surface area contributed by atoms with Gasteiger partial charge in [-0.1, -0.05) is 12.1 Å². The van der Waals surface area contributed by atoms with Gasteiger partial charge in [0.2, 0.25) is 0 Å². The molecule has 1 aromatic carbocycles. The van der Waals surface area contributed by atoms with Crippen molar-refractivity contribution >= 4 is 17.7 Å². The molecule has 0 unspecified atom stereocenters. The molecule has 3 rings (SSSR count). The summed E-state index contributed by atoms with van der Waals surface area (Å²) in [4.78, 5) is 12.7. The number of amides is 1. The zero-order chi connectivity index (χ0) is 20.3. The van der Waals surface area contributed by atoms with Crippen LogP contribution in [0.5, 0.6) is 0 Å². The van der Waals surface area contributed by atoms with Gasteiger partial charge in [0.05, 0.1) is 6.10 Å². The molecule has 1 fully saturated rings. The van der Waals surface area contributed by atoms with E-state index in [2.05, 4.69) is 9.88 Å². The summed E-state index contributed by atoms with van der Waals surface area (Å²) in [6.45, 7) is 9.60. The zero-order valence-electron chi connectivity index (χ0n) is 17.0. The lowest BCUT2D eigenvalue weighted by Crippen LogP contribution is -2.17. The van der Waals surface area contributed by atoms with E-state index in [1.165, 1.54) is 0 Å². The molecule has 1 amide bonds. The van der Waals surface area contributed by atoms with Gasteiger partial charge in [-0.3, -0.25) is 4.79 Å². The molecule has 1 aromatic heterocycles. The molecule has 0 aliphatic carbocycles. The molecule has 146 valence electrons. The van der Waals surface area contributed by atoms with Crippen LogP contribution in [0.25, 0.3) is 6.08 Å². The fourth-order valence-corrected chi connectivity index (χ4v) is 3.61. The molecule has 5 heteroatoms. The first kappa shape index (κ1) is 19.9. The topological polar surface area (TPSA) is 67.0 Å². The van der Waals surface area contributed by atoms with E-state index < -0.39 is 0 Å². The van der Waals surface area contributed by atoms with Gasteiger partial charge in [-0.2, -0.15) is 5.26 Å². The van der Waals surface area contributed by atoms with E-state index in [9.17, 15) is 10.1 Å². The smallest absolute Gasteiger partial charge is 0.266 e. The standard InChI is InChI=1S/C23H27N3O2/c1-15-7-8-16(2)22(10-15)25-23(27)20(13-24)12-19-11-17(3)26(18(19)4)14-21-6-5-9-28-21/h7-8,10-12,21H,5-6,9,14H2,1-4H3,(H,25,27)/b20-12+/t21-/m0/s1. The lowest BCUT2D eigenvalue weighted by molar-refractivity contribution is -0.112. The molecule has 0 radical (unpaired) electrons. The maximum absolute atomic E-state index is 12.7. The van der Waals surface area contributed by atoms with Crippen LogP contribution in [-0.4, -0.2) is 23.2 Å². The second-order valence-electron chi connectivity index (χ2n) is 7.51. The normalized spacial score (nSPS) is 16.8. The minimum absolute atomic E-state index is 0.0956. The number of rotatable bonds is 5. The Morgan fingerprint density at radius 2 is 2.11 bits per heavy atom. The maximum atomic E-state index is 12.7.